The molecule has 1 saturated heterocycles. The van der Waals surface area contributed by atoms with E-state index in [4.69, 9.17) is 21.6 Å². The van der Waals surface area contributed by atoms with Crippen molar-refractivity contribution in [1.29, 1.82) is 5.41 Å². The molecule has 0 aromatic rings. The normalized spacial score (nSPS) is 39.5. The Labute approximate surface area is 198 Å². The first kappa shape index (κ1) is 24.5. The molecule has 4 atom stereocenters. The molecule has 8 heteroatoms. The van der Waals surface area contributed by atoms with Crippen LogP contribution in [0, 0.1) is 29.1 Å². The van der Waals surface area contributed by atoms with Gasteiger partial charge in [0.2, 0.25) is 5.91 Å². The van der Waals surface area contributed by atoms with Gasteiger partial charge in [-0.25, -0.2) is 0 Å². The topological polar surface area (TPSA) is 135 Å². The summed E-state index contributed by atoms with van der Waals surface area (Å²) in [6.45, 7) is 0.896. The van der Waals surface area contributed by atoms with Gasteiger partial charge in [-0.1, -0.05) is 0 Å². The largest absolute Gasteiger partial charge is 0.469 e. The molecule has 0 radical (unpaired) electrons. The molecule has 0 aromatic carbocycles. The maximum absolute atomic E-state index is 13.5. The highest BCUT2D eigenvalue weighted by Gasteiger charge is 2.48. The van der Waals surface area contributed by atoms with E-state index in [1.165, 1.54) is 7.11 Å². The van der Waals surface area contributed by atoms with Crippen molar-refractivity contribution in [1.82, 2.24) is 10.2 Å². The van der Waals surface area contributed by atoms with Crippen LogP contribution < -0.4 is 16.8 Å². The first-order valence-corrected chi connectivity index (χ1v) is 13.1. The summed E-state index contributed by atoms with van der Waals surface area (Å²) in [7, 11) is 1.47. The summed E-state index contributed by atoms with van der Waals surface area (Å²) in [6, 6.07) is 0.732. The number of amides is 1. The number of nitrogens with zero attached hydrogens (tertiary/aromatic N) is 1. The van der Waals surface area contributed by atoms with Gasteiger partial charge >= 0.3 is 5.97 Å². The lowest BCUT2D eigenvalue weighted by molar-refractivity contribution is -0.146. The molecule has 4 aliphatic rings. The number of esters is 1. The monoisotopic (exact) mass is 461 g/mol. The van der Waals surface area contributed by atoms with Crippen LogP contribution in [0.1, 0.15) is 77.0 Å². The Morgan fingerprint density at radius 2 is 1.64 bits per heavy atom. The summed E-state index contributed by atoms with van der Waals surface area (Å²) in [5, 5.41) is 11.3. The zero-order chi connectivity index (χ0) is 23.5. The Balaban J connectivity index is 1.42. The van der Waals surface area contributed by atoms with Gasteiger partial charge in [0.1, 0.15) is 0 Å². The van der Waals surface area contributed by atoms with Crippen LogP contribution in [-0.2, 0) is 14.3 Å². The van der Waals surface area contributed by atoms with Crippen molar-refractivity contribution in [2.75, 3.05) is 13.7 Å². The van der Waals surface area contributed by atoms with E-state index in [0.717, 1.165) is 83.6 Å². The highest BCUT2D eigenvalue weighted by atomic mass is 16.5. The molecule has 0 bridgehead atoms. The number of carbonyl (C=O) groups excluding carboxylic acids is 2. The SMILES string of the molecule is COC(=O)C1CCC(CN2C(C(=O)NC3CCC(N)CC3)CC3CCC(C(=N)N)CC32)CC1. The molecule has 1 aliphatic heterocycles. The predicted molar refractivity (Wildman–Crippen MR) is 127 cm³/mol. The van der Waals surface area contributed by atoms with Crippen molar-refractivity contribution in [2.45, 2.75) is 101 Å². The highest BCUT2D eigenvalue weighted by molar-refractivity contribution is 5.83. The van der Waals surface area contributed by atoms with Crippen molar-refractivity contribution < 1.29 is 14.3 Å². The van der Waals surface area contributed by atoms with Gasteiger partial charge in [0.25, 0.3) is 0 Å². The molecule has 33 heavy (non-hydrogen) atoms. The number of likely N-dealkylation sites (tertiary alicyclic amines) is 1. The molecule has 0 aromatic heterocycles. The van der Waals surface area contributed by atoms with Crippen molar-refractivity contribution in [3.63, 3.8) is 0 Å². The van der Waals surface area contributed by atoms with Crippen LogP contribution in [0.5, 0.6) is 0 Å². The lowest BCUT2D eigenvalue weighted by Crippen LogP contribution is -2.52. The van der Waals surface area contributed by atoms with E-state index in [1.54, 1.807) is 0 Å². The summed E-state index contributed by atoms with van der Waals surface area (Å²) >= 11 is 0. The fourth-order valence-electron chi connectivity index (χ4n) is 6.95. The minimum Gasteiger partial charge on any atom is -0.469 e. The third kappa shape index (κ3) is 5.70. The lowest BCUT2D eigenvalue weighted by atomic mass is 9.77. The molecular formula is C25H43N5O3. The first-order chi connectivity index (χ1) is 15.9. The molecule has 0 spiro atoms. The number of hydrogen-bond acceptors (Lipinski definition) is 6. The lowest BCUT2D eigenvalue weighted by Gasteiger charge is -2.40. The number of hydrogen-bond donors (Lipinski definition) is 4. The quantitative estimate of drug-likeness (QED) is 0.272. The van der Waals surface area contributed by atoms with Gasteiger partial charge in [-0.3, -0.25) is 19.9 Å². The maximum Gasteiger partial charge on any atom is 0.308 e. The van der Waals surface area contributed by atoms with E-state index in [1.807, 2.05) is 0 Å². The zero-order valence-electron chi connectivity index (χ0n) is 20.1. The van der Waals surface area contributed by atoms with Crippen molar-refractivity contribution in [2.24, 2.45) is 35.1 Å². The second-order valence-corrected chi connectivity index (χ2v) is 11.1. The Kier molecular flexibility index (Phi) is 7.95. The number of rotatable bonds is 6. The minimum absolute atomic E-state index is 0.0196. The number of carbonyl (C=O) groups is 2. The molecule has 4 rings (SSSR count). The maximum atomic E-state index is 13.5. The summed E-state index contributed by atoms with van der Waals surface area (Å²) in [5.74, 6) is 1.52. The van der Waals surface area contributed by atoms with Crippen LogP contribution in [0.25, 0.3) is 0 Å². The second-order valence-electron chi connectivity index (χ2n) is 11.1. The number of methoxy groups -OCH3 is 1. The third-order valence-electron chi connectivity index (χ3n) is 9.02. The number of nitrogens with two attached hydrogens (primary N) is 2. The van der Waals surface area contributed by atoms with Gasteiger partial charge in [0, 0.05) is 30.6 Å². The van der Waals surface area contributed by atoms with Crippen LogP contribution in [0.4, 0.5) is 0 Å². The summed E-state index contributed by atoms with van der Waals surface area (Å²) in [5.41, 5.74) is 11.9. The average molecular weight is 462 g/mol. The van der Waals surface area contributed by atoms with E-state index in [-0.39, 0.29) is 41.8 Å². The summed E-state index contributed by atoms with van der Waals surface area (Å²) in [4.78, 5) is 27.9. The van der Waals surface area contributed by atoms with E-state index >= 15 is 0 Å². The molecule has 4 unspecified atom stereocenters. The fraction of sp³-hybridized carbons (Fsp3) is 0.880. The molecule has 6 N–H and O–H groups in total. The predicted octanol–water partition coefficient (Wildman–Crippen LogP) is 2.15. The van der Waals surface area contributed by atoms with Gasteiger partial charge in [-0.05, 0) is 88.9 Å². The number of ether oxygens (including phenoxy) is 1. The molecule has 3 saturated carbocycles. The van der Waals surface area contributed by atoms with Gasteiger partial charge < -0.3 is 21.5 Å². The number of nitrogens with one attached hydrogen (secondary N) is 2. The van der Waals surface area contributed by atoms with E-state index in [2.05, 4.69) is 10.2 Å². The molecule has 1 heterocycles. The average Bonchev–Trinajstić information content (AvgIpc) is 3.18. The van der Waals surface area contributed by atoms with Crippen LogP contribution in [0.2, 0.25) is 0 Å². The standard InChI is InChI=1S/C25H43N5O3/c1-33-25(32)16-4-2-15(3-5-16)14-30-21-13-18(23(27)28)7-6-17(21)12-22(30)24(31)29-20-10-8-19(26)9-11-20/h15-22H,2-14,26H2,1H3,(H3,27,28)(H,29,31). The number of amidine groups is 1. The van der Waals surface area contributed by atoms with Crippen molar-refractivity contribution >= 4 is 17.7 Å². The highest BCUT2D eigenvalue weighted by Crippen LogP contribution is 2.43. The Morgan fingerprint density at radius 1 is 0.970 bits per heavy atom. The van der Waals surface area contributed by atoms with Crippen LogP contribution >= 0.6 is 0 Å². The van der Waals surface area contributed by atoms with Crippen LogP contribution in [0.15, 0.2) is 0 Å². The Bertz CT molecular complexity index is 715. The van der Waals surface area contributed by atoms with Crippen molar-refractivity contribution in [3.05, 3.63) is 0 Å². The number of fused-ring (bicyclic) bond motifs is 1. The van der Waals surface area contributed by atoms with Gasteiger partial charge in [-0.15, -0.1) is 0 Å². The van der Waals surface area contributed by atoms with E-state index < -0.39 is 0 Å². The zero-order valence-corrected chi connectivity index (χ0v) is 20.1. The van der Waals surface area contributed by atoms with E-state index in [0.29, 0.717) is 23.7 Å². The third-order valence-corrected chi connectivity index (χ3v) is 9.02. The minimum atomic E-state index is -0.0976. The van der Waals surface area contributed by atoms with Crippen LogP contribution in [-0.4, -0.2) is 60.4 Å². The Hall–Kier alpha value is -1.67. The second kappa shape index (κ2) is 10.7. The van der Waals surface area contributed by atoms with Crippen LogP contribution in [0.3, 0.4) is 0 Å². The molecule has 1 amide bonds. The smallest absolute Gasteiger partial charge is 0.308 e. The molecule has 4 fully saturated rings. The van der Waals surface area contributed by atoms with Gasteiger partial charge in [0.05, 0.1) is 24.9 Å². The van der Waals surface area contributed by atoms with Crippen molar-refractivity contribution in [3.8, 4) is 0 Å². The first-order valence-electron chi connectivity index (χ1n) is 13.1. The molecule has 186 valence electrons. The molecule has 8 nitrogen and oxygen atoms in total. The Morgan fingerprint density at radius 3 is 2.27 bits per heavy atom. The van der Waals surface area contributed by atoms with E-state index in [9.17, 15) is 9.59 Å². The fourth-order valence-corrected chi connectivity index (χ4v) is 6.95. The summed E-state index contributed by atoms with van der Waals surface area (Å²) in [6.07, 6.45) is 11.4. The van der Waals surface area contributed by atoms with Gasteiger partial charge in [0.15, 0.2) is 0 Å². The summed E-state index contributed by atoms with van der Waals surface area (Å²) < 4.78 is 4.95. The molecular weight excluding hydrogens is 418 g/mol. The van der Waals surface area contributed by atoms with Gasteiger partial charge in [-0.2, -0.15) is 0 Å². The molecule has 3 aliphatic carbocycles.